The summed E-state index contributed by atoms with van der Waals surface area (Å²) in [5.74, 6) is 0.443. The molecule has 1 saturated carbocycles. The third-order valence-electron chi connectivity index (χ3n) is 8.55. The molecule has 0 radical (unpaired) electrons. The number of benzene rings is 3. The zero-order valence-electron chi connectivity index (χ0n) is 22.6. The number of hydrogen-bond acceptors (Lipinski definition) is 3. The Morgan fingerprint density at radius 1 is 0.868 bits per heavy atom. The molecule has 0 spiro atoms. The molecule has 0 bridgehead atoms. The number of carbonyl (C=O) groups excluding carboxylic acids is 2. The highest BCUT2D eigenvalue weighted by atomic mass is 16.2. The first-order valence-electron chi connectivity index (χ1n) is 13.9. The van der Waals surface area contributed by atoms with Crippen molar-refractivity contribution in [3.05, 3.63) is 107 Å². The van der Waals surface area contributed by atoms with Crippen LogP contribution in [-0.4, -0.2) is 42.9 Å². The van der Waals surface area contributed by atoms with Crippen LogP contribution in [0.15, 0.2) is 84.9 Å². The van der Waals surface area contributed by atoms with Crippen LogP contribution in [-0.2, 0) is 27.0 Å². The van der Waals surface area contributed by atoms with Gasteiger partial charge >= 0.3 is 0 Å². The summed E-state index contributed by atoms with van der Waals surface area (Å²) < 4.78 is 0. The molecule has 5 heteroatoms. The minimum atomic E-state index is -0.462. The number of carbonyl (C=O) groups is 2. The topological polar surface area (TPSA) is 61.4 Å². The van der Waals surface area contributed by atoms with Gasteiger partial charge in [-0.3, -0.25) is 9.59 Å². The number of nitrogens with one attached hydrogen (secondary N) is 2. The SMILES string of the molecule is CC(=O)NC1(c2ccccc2)CCN(CC2CC2(C(=O)NCCc2ccccc2)c2ccc(C)cc2)CC1. The first-order valence-corrected chi connectivity index (χ1v) is 13.9. The van der Waals surface area contributed by atoms with Crippen LogP contribution in [0, 0.1) is 12.8 Å². The van der Waals surface area contributed by atoms with E-state index >= 15 is 0 Å². The summed E-state index contributed by atoms with van der Waals surface area (Å²) in [4.78, 5) is 28.3. The van der Waals surface area contributed by atoms with Gasteiger partial charge in [0, 0.05) is 33.1 Å². The van der Waals surface area contributed by atoms with E-state index in [-0.39, 0.29) is 23.3 Å². The second-order valence-electron chi connectivity index (χ2n) is 11.2. The molecule has 1 aliphatic carbocycles. The van der Waals surface area contributed by atoms with Crippen molar-refractivity contribution < 1.29 is 9.59 Å². The van der Waals surface area contributed by atoms with Gasteiger partial charge in [-0.05, 0) is 55.2 Å². The van der Waals surface area contributed by atoms with Crippen molar-refractivity contribution in [2.24, 2.45) is 5.92 Å². The van der Waals surface area contributed by atoms with Crippen LogP contribution in [0.25, 0.3) is 0 Å². The number of aryl methyl sites for hydroxylation is 1. The van der Waals surface area contributed by atoms with Crippen molar-refractivity contribution in [1.29, 1.82) is 0 Å². The fourth-order valence-corrected chi connectivity index (χ4v) is 6.30. The van der Waals surface area contributed by atoms with E-state index in [0.717, 1.165) is 50.9 Å². The molecular formula is C33H39N3O2. The highest BCUT2D eigenvalue weighted by molar-refractivity contribution is 5.92. The predicted octanol–water partition coefficient (Wildman–Crippen LogP) is 4.74. The van der Waals surface area contributed by atoms with Crippen molar-refractivity contribution in [3.8, 4) is 0 Å². The molecule has 1 saturated heterocycles. The molecule has 3 aromatic rings. The van der Waals surface area contributed by atoms with Gasteiger partial charge < -0.3 is 15.5 Å². The van der Waals surface area contributed by atoms with E-state index in [1.165, 1.54) is 16.7 Å². The number of nitrogens with zero attached hydrogens (tertiary/aromatic N) is 1. The lowest BCUT2D eigenvalue weighted by atomic mass is 9.80. The van der Waals surface area contributed by atoms with E-state index in [2.05, 4.69) is 71.0 Å². The van der Waals surface area contributed by atoms with Gasteiger partial charge in [0.2, 0.25) is 11.8 Å². The molecule has 38 heavy (non-hydrogen) atoms. The maximum atomic E-state index is 13.7. The minimum Gasteiger partial charge on any atom is -0.355 e. The van der Waals surface area contributed by atoms with Crippen LogP contribution in [0.4, 0.5) is 0 Å². The number of piperidine rings is 1. The average Bonchev–Trinajstić information content (AvgIpc) is 3.66. The third kappa shape index (κ3) is 5.53. The van der Waals surface area contributed by atoms with Gasteiger partial charge in [-0.2, -0.15) is 0 Å². The second kappa shape index (κ2) is 11.1. The number of likely N-dealkylation sites (tertiary alicyclic amines) is 1. The molecule has 5 nitrogen and oxygen atoms in total. The van der Waals surface area contributed by atoms with Crippen molar-refractivity contribution in [1.82, 2.24) is 15.5 Å². The van der Waals surface area contributed by atoms with Crippen LogP contribution < -0.4 is 10.6 Å². The monoisotopic (exact) mass is 509 g/mol. The molecule has 2 aliphatic rings. The quantitative estimate of drug-likeness (QED) is 0.438. The highest BCUT2D eigenvalue weighted by Gasteiger charge is 2.61. The largest absolute Gasteiger partial charge is 0.355 e. The van der Waals surface area contributed by atoms with E-state index in [9.17, 15) is 9.59 Å². The summed E-state index contributed by atoms with van der Waals surface area (Å²) in [5.41, 5.74) is 3.95. The summed E-state index contributed by atoms with van der Waals surface area (Å²) in [5, 5.41) is 6.54. The Balaban J connectivity index is 1.26. The lowest BCUT2D eigenvalue weighted by Gasteiger charge is -2.43. The maximum absolute atomic E-state index is 13.7. The summed E-state index contributed by atoms with van der Waals surface area (Å²) in [6.45, 7) is 7.01. The zero-order chi connectivity index (χ0) is 26.6. The van der Waals surface area contributed by atoms with Gasteiger partial charge in [0.1, 0.15) is 0 Å². The molecule has 0 aromatic heterocycles. The Bertz CT molecular complexity index is 1230. The molecule has 2 atom stereocenters. The summed E-state index contributed by atoms with van der Waals surface area (Å²) in [7, 11) is 0. The normalized spacial score (nSPS) is 22.4. The highest BCUT2D eigenvalue weighted by Crippen LogP contribution is 2.55. The van der Waals surface area contributed by atoms with Crippen molar-refractivity contribution in [2.75, 3.05) is 26.2 Å². The Morgan fingerprint density at radius 3 is 2.13 bits per heavy atom. The predicted molar refractivity (Wildman–Crippen MR) is 152 cm³/mol. The van der Waals surface area contributed by atoms with Crippen molar-refractivity contribution >= 4 is 11.8 Å². The van der Waals surface area contributed by atoms with E-state index in [0.29, 0.717) is 6.54 Å². The molecule has 2 unspecified atom stereocenters. The summed E-state index contributed by atoms with van der Waals surface area (Å²) >= 11 is 0. The molecular weight excluding hydrogens is 470 g/mol. The Labute approximate surface area is 226 Å². The van der Waals surface area contributed by atoms with E-state index < -0.39 is 5.41 Å². The Morgan fingerprint density at radius 2 is 1.50 bits per heavy atom. The lowest BCUT2D eigenvalue weighted by Crippen LogP contribution is -2.53. The van der Waals surface area contributed by atoms with Gasteiger partial charge in [-0.1, -0.05) is 90.5 Å². The average molecular weight is 510 g/mol. The van der Waals surface area contributed by atoms with Crippen molar-refractivity contribution in [3.63, 3.8) is 0 Å². The van der Waals surface area contributed by atoms with E-state index in [4.69, 9.17) is 0 Å². The fourth-order valence-electron chi connectivity index (χ4n) is 6.30. The third-order valence-corrected chi connectivity index (χ3v) is 8.55. The summed E-state index contributed by atoms with van der Waals surface area (Å²) in [6, 6.07) is 29.2. The zero-order valence-corrected chi connectivity index (χ0v) is 22.6. The Kier molecular flexibility index (Phi) is 7.66. The molecule has 1 aliphatic heterocycles. The van der Waals surface area contributed by atoms with Crippen LogP contribution in [0.1, 0.15) is 48.4 Å². The van der Waals surface area contributed by atoms with Crippen LogP contribution in [0.3, 0.4) is 0 Å². The lowest BCUT2D eigenvalue weighted by molar-refractivity contribution is -0.124. The molecule has 1 heterocycles. The first kappa shape index (κ1) is 26.2. The molecule has 2 N–H and O–H groups in total. The first-order chi connectivity index (χ1) is 18.4. The van der Waals surface area contributed by atoms with Crippen molar-refractivity contribution in [2.45, 2.75) is 50.5 Å². The standard InChI is InChI=1S/C33H39N3O2/c1-25-13-15-29(16-14-25)33(31(38)34-20-17-27-9-5-3-6-10-27)23-30(33)24-36-21-18-32(19-22-36,35-26(2)37)28-11-7-4-8-12-28/h3-16,30H,17-24H2,1-2H3,(H,34,38)(H,35,37). The van der Waals surface area contributed by atoms with E-state index in [1.807, 2.05) is 36.4 Å². The van der Waals surface area contributed by atoms with Gasteiger partial charge in [-0.15, -0.1) is 0 Å². The smallest absolute Gasteiger partial charge is 0.231 e. The fraction of sp³-hybridized carbons (Fsp3) is 0.394. The number of amides is 2. The van der Waals surface area contributed by atoms with Crippen LogP contribution >= 0.6 is 0 Å². The second-order valence-corrected chi connectivity index (χ2v) is 11.2. The molecule has 3 aromatic carbocycles. The van der Waals surface area contributed by atoms with Gasteiger partial charge in [-0.25, -0.2) is 0 Å². The summed E-state index contributed by atoms with van der Waals surface area (Å²) in [6.07, 6.45) is 3.44. The number of rotatable bonds is 9. The number of hydrogen-bond donors (Lipinski definition) is 2. The molecule has 5 rings (SSSR count). The van der Waals surface area contributed by atoms with Gasteiger partial charge in [0.15, 0.2) is 0 Å². The molecule has 198 valence electrons. The minimum absolute atomic E-state index is 0.00931. The molecule has 2 fully saturated rings. The molecule has 2 amide bonds. The van der Waals surface area contributed by atoms with Crippen LogP contribution in [0.5, 0.6) is 0 Å². The van der Waals surface area contributed by atoms with E-state index in [1.54, 1.807) is 6.92 Å². The Hall–Kier alpha value is -3.44. The van der Waals surface area contributed by atoms with Crippen LogP contribution in [0.2, 0.25) is 0 Å². The van der Waals surface area contributed by atoms with Gasteiger partial charge in [0.25, 0.3) is 0 Å². The maximum Gasteiger partial charge on any atom is 0.231 e. The van der Waals surface area contributed by atoms with Gasteiger partial charge in [0.05, 0.1) is 11.0 Å².